The normalized spacial score (nSPS) is 19.2. The summed E-state index contributed by atoms with van der Waals surface area (Å²) in [4.78, 5) is 23.1. The highest BCUT2D eigenvalue weighted by Crippen LogP contribution is 2.32. The summed E-state index contributed by atoms with van der Waals surface area (Å²) in [6.07, 6.45) is 6.97. The minimum atomic E-state index is -0.0684. The van der Waals surface area contributed by atoms with Crippen molar-refractivity contribution in [1.29, 1.82) is 0 Å². The number of hydrogen-bond acceptors (Lipinski definition) is 6. The van der Waals surface area contributed by atoms with Gasteiger partial charge in [0, 0.05) is 12.4 Å². The highest BCUT2D eigenvalue weighted by molar-refractivity contribution is 8.18. The van der Waals surface area contributed by atoms with Crippen molar-refractivity contribution in [3.8, 4) is 0 Å². The second-order valence-electron chi connectivity index (χ2n) is 4.54. The number of amides is 1. The molecule has 0 bridgehead atoms. The summed E-state index contributed by atoms with van der Waals surface area (Å²) < 4.78 is 5.20. The number of amidine groups is 1. The van der Waals surface area contributed by atoms with Gasteiger partial charge in [-0.1, -0.05) is 6.08 Å². The van der Waals surface area contributed by atoms with Gasteiger partial charge in [-0.25, -0.2) is 4.98 Å². The third-order valence-electron chi connectivity index (χ3n) is 2.85. The summed E-state index contributed by atoms with van der Waals surface area (Å²) in [5, 5.41) is 3.23. The molecular formula is C15H13N3O2S2. The molecule has 1 fully saturated rings. The number of carbonyl (C=O) groups excluding carboxylic acids is 1. The molecule has 22 heavy (non-hydrogen) atoms. The van der Waals surface area contributed by atoms with Gasteiger partial charge in [0.25, 0.3) is 5.91 Å². The van der Waals surface area contributed by atoms with Gasteiger partial charge in [0.15, 0.2) is 5.17 Å². The van der Waals surface area contributed by atoms with E-state index < -0.39 is 0 Å². The zero-order valence-electron chi connectivity index (χ0n) is 12.0. The number of likely N-dealkylation sites (N-methyl/N-ethyl adjacent to an activating group) is 1. The van der Waals surface area contributed by atoms with Crippen LogP contribution in [0.5, 0.6) is 0 Å². The van der Waals surface area contributed by atoms with Crippen LogP contribution in [0.15, 0.2) is 50.2 Å². The molecule has 5 nitrogen and oxygen atoms in total. The first kappa shape index (κ1) is 14.8. The Balaban J connectivity index is 1.77. The van der Waals surface area contributed by atoms with Gasteiger partial charge in [0.05, 0.1) is 16.9 Å². The maximum atomic E-state index is 12.2. The number of thioether (sulfide) groups is 1. The largest absolute Gasteiger partial charge is 0.465 e. The Hall–Kier alpha value is -2.12. The number of aromatic nitrogens is 1. The lowest BCUT2D eigenvalue weighted by Gasteiger charge is -2.05. The number of hydrogen-bond donors (Lipinski definition) is 0. The van der Waals surface area contributed by atoms with Crippen LogP contribution in [0, 0.1) is 6.92 Å². The topological polar surface area (TPSA) is 58.7 Å². The standard InChI is InChI=1S/C15H13N3O2S2/c1-10-9-21-14(16-10)17-15-18(2)13(19)12(22-15)7-3-5-11-6-4-8-20-11/h3-9H,1-2H3/b5-3+,12-7+,17-15+. The monoisotopic (exact) mass is 331 g/mol. The number of aliphatic imine (C=N–C) groups is 1. The zero-order chi connectivity index (χ0) is 15.5. The zero-order valence-corrected chi connectivity index (χ0v) is 13.6. The van der Waals surface area contributed by atoms with Crippen molar-refractivity contribution in [2.45, 2.75) is 6.92 Å². The van der Waals surface area contributed by atoms with Gasteiger partial charge in [0.2, 0.25) is 5.13 Å². The fourth-order valence-corrected chi connectivity index (χ4v) is 3.40. The molecule has 1 aliphatic heterocycles. The fourth-order valence-electron chi connectivity index (χ4n) is 1.76. The van der Waals surface area contributed by atoms with Gasteiger partial charge in [-0.3, -0.25) is 9.69 Å². The molecule has 0 aromatic carbocycles. The quantitative estimate of drug-likeness (QED) is 0.802. The third kappa shape index (κ3) is 3.20. The Labute approximate surface area is 136 Å². The minimum absolute atomic E-state index is 0.0684. The summed E-state index contributed by atoms with van der Waals surface area (Å²) in [5.74, 6) is 0.675. The van der Waals surface area contributed by atoms with E-state index in [9.17, 15) is 4.79 Å². The molecule has 0 radical (unpaired) electrons. The molecule has 0 aliphatic carbocycles. The first-order chi connectivity index (χ1) is 10.6. The molecule has 2 aromatic heterocycles. The molecule has 0 spiro atoms. The van der Waals surface area contributed by atoms with Crippen molar-refractivity contribution in [2.24, 2.45) is 4.99 Å². The van der Waals surface area contributed by atoms with Gasteiger partial charge < -0.3 is 4.42 Å². The van der Waals surface area contributed by atoms with Crippen LogP contribution < -0.4 is 0 Å². The maximum absolute atomic E-state index is 12.2. The van der Waals surface area contributed by atoms with Gasteiger partial charge in [0.1, 0.15) is 5.76 Å². The van der Waals surface area contributed by atoms with E-state index in [1.54, 1.807) is 31.5 Å². The van der Waals surface area contributed by atoms with Crippen LogP contribution in [0.2, 0.25) is 0 Å². The number of furan rings is 1. The number of carbonyl (C=O) groups is 1. The van der Waals surface area contributed by atoms with Crippen molar-refractivity contribution in [1.82, 2.24) is 9.88 Å². The molecule has 1 saturated heterocycles. The molecule has 0 unspecified atom stereocenters. The molecule has 7 heteroatoms. The second-order valence-corrected chi connectivity index (χ2v) is 6.38. The molecule has 1 amide bonds. The minimum Gasteiger partial charge on any atom is -0.465 e. The highest BCUT2D eigenvalue weighted by Gasteiger charge is 2.30. The van der Waals surface area contributed by atoms with Crippen LogP contribution in [-0.4, -0.2) is 28.0 Å². The number of nitrogens with zero attached hydrogens (tertiary/aromatic N) is 3. The summed E-state index contributed by atoms with van der Waals surface area (Å²) in [5.41, 5.74) is 0.929. The average Bonchev–Trinajstić information content (AvgIpc) is 3.20. The molecule has 0 N–H and O–H groups in total. The SMILES string of the molecule is Cc1csc(/N=C2/S/C(=C/C=C/c3ccco3)C(=O)N2C)n1. The lowest BCUT2D eigenvalue weighted by molar-refractivity contribution is -0.121. The smallest absolute Gasteiger partial charge is 0.266 e. The number of allylic oxidation sites excluding steroid dienone is 2. The van der Waals surface area contributed by atoms with E-state index in [0.29, 0.717) is 15.2 Å². The van der Waals surface area contributed by atoms with Gasteiger partial charge in [-0.05, 0) is 43.0 Å². The van der Waals surface area contributed by atoms with Crippen molar-refractivity contribution >= 4 is 45.4 Å². The highest BCUT2D eigenvalue weighted by atomic mass is 32.2. The third-order valence-corrected chi connectivity index (χ3v) is 4.78. The molecular weight excluding hydrogens is 318 g/mol. The van der Waals surface area contributed by atoms with Crippen molar-refractivity contribution in [3.63, 3.8) is 0 Å². The summed E-state index contributed by atoms with van der Waals surface area (Å²) in [6, 6.07) is 3.67. The van der Waals surface area contributed by atoms with E-state index in [1.807, 2.05) is 24.4 Å². The van der Waals surface area contributed by atoms with E-state index in [1.165, 1.54) is 28.0 Å². The average molecular weight is 331 g/mol. The molecule has 3 rings (SSSR count). The second kappa shape index (κ2) is 6.33. The van der Waals surface area contributed by atoms with Crippen LogP contribution in [0.4, 0.5) is 5.13 Å². The van der Waals surface area contributed by atoms with E-state index in [-0.39, 0.29) is 5.91 Å². The predicted molar refractivity (Wildman–Crippen MR) is 90.1 cm³/mol. The van der Waals surface area contributed by atoms with Crippen LogP contribution in [0.1, 0.15) is 11.5 Å². The lowest BCUT2D eigenvalue weighted by atomic mass is 10.3. The van der Waals surface area contributed by atoms with E-state index in [2.05, 4.69) is 9.98 Å². The Morgan fingerprint density at radius 2 is 2.32 bits per heavy atom. The fraction of sp³-hybridized carbons (Fsp3) is 0.133. The van der Waals surface area contributed by atoms with Crippen LogP contribution in [0.25, 0.3) is 6.08 Å². The number of thiazole rings is 1. The molecule has 1 aliphatic rings. The molecule has 3 heterocycles. The molecule has 2 aromatic rings. The Morgan fingerprint density at radius 1 is 1.45 bits per heavy atom. The number of rotatable bonds is 3. The van der Waals surface area contributed by atoms with E-state index in [4.69, 9.17) is 4.42 Å². The molecule has 0 atom stereocenters. The van der Waals surface area contributed by atoms with Crippen LogP contribution >= 0.6 is 23.1 Å². The predicted octanol–water partition coefficient (Wildman–Crippen LogP) is 3.83. The molecule has 0 saturated carbocycles. The Morgan fingerprint density at radius 3 is 3.00 bits per heavy atom. The van der Waals surface area contributed by atoms with Gasteiger partial charge in [-0.2, -0.15) is 4.99 Å². The van der Waals surface area contributed by atoms with Gasteiger partial charge in [-0.15, -0.1) is 11.3 Å². The summed E-state index contributed by atoms with van der Waals surface area (Å²) in [6.45, 7) is 1.92. The van der Waals surface area contributed by atoms with Crippen LogP contribution in [-0.2, 0) is 4.79 Å². The first-order valence-electron chi connectivity index (χ1n) is 6.52. The number of aryl methyl sites for hydroxylation is 1. The van der Waals surface area contributed by atoms with Crippen molar-refractivity contribution < 1.29 is 9.21 Å². The first-order valence-corrected chi connectivity index (χ1v) is 8.22. The molecule has 112 valence electrons. The Bertz CT molecular complexity index is 773. The Kier molecular flexibility index (Phi) is 4.26. The maximum Gasteiger partial charge on any atom is 0.266 e. The van der Waals surface area contributed by atoms with Gasteiger partial charge >= 0.3 is 0 Å². The summed E-state index contributed by atoms with van der Waals surface area (Å²) in [7, 11) is 1.71. The lowest BCUT2D eigenvalue weighted by Crippen LogP contribution is -2.23. The van der Waals surface area contributed by atoms with Crippen molar-refractivity contribution in [3.05, 3.63) is 52.3 Å². The van der Waals surface area contributed by atoms with Crippen molar-refractivity contribution in [2.75, 3.05) is 7.05 Å². The van der Waals surface area contributed by atoms with E-state index >= 15 is 0 Å². The van der Waals surface area contributed by atoms with E-state index in [0.717, 1.165) is 11.5 Å². The van der Waals surface area contributed by atoms with Crippen LogP contribution in [0.3, 0.4) is 0 Å². The summed E-state index contributed by atoms with van der Waals surface area (Å²) >= 11 is 2.80.